The molecule has 0 fully saturated rings. The number of hydrogen-bond donors (Lipinski definition) is 1. The first-order valence-electron chi connectivity index (χ1n) is 11.7. The van der Waals surface area contributed by atoms with Crippen LogP contribution in [0.2, 0.25) is 10.0 Å². The molecule has 196 valence electrons. The van der Waals surface area contributed by atoms with Gasteiger partial charge in [-0.1, -0.05) is 71.2 Å². The van der Waals surface area contributed by atoms with Crippen molar-refractivity contribution in [1.82, 2.24) is 10.2 Å². The maximum absolute atomic E-state index is 13.8. The first kappa shape index (κ1) is 28.5. The molecule has 0 radical (unpaired) electrons. The highest BCUT2D eigenvalue weighted by Crippen LogP contribution is 2.30. The molecule has 0 aliphatic carbocycles. The molecule has 3 rings (SSSR count). The minimum atomic E-state index is -4.18. The van der Waals surface area contributed by atoms with Crippen LogP contribution in [0.15, 0.2) is 77.7 Å². The van der Waals surface area contributed by atoms with Gasteiger partial charge in [0.2, 0.25) is 11.8 Å². The highest BCUT2D eigenvalue weighted by Gasteiger charge is 2.32. The molecule has 0 bridgehead atoms. The Morgan fingerprint density at radius 2 is 1.54 bits per heavy atom. The number of carbonyl (C=O) groups excluding carboxylic acids is 2. The molecule has 0 aliphatic heterocycles. The number of carbonyl (C=O) groups is 2. The van der Waals surface area contributed by atoms with E-state index in [1.807, 2.05) is 31.2 Å². The maximum Gasteiger partial charge on any atom is 0.264 e. The van der Waals surface area contributed by atoms with Crippen LogP contribution in [0.25, 0.3) is 0 Å². The van der Waals surface area contributed by atoms with Gasteiger partial charge in [0, 0.05) is 23.1 Å². The summed E-state index contributed by atoms with van der Waals surface area (Å²) in [4.78, 5) is 27.9. The Morgan fingerprint density at radius 3 is 2.11 bits per heavy atom. The molecule has 0 saturated heterocycles. The van der Waals surface area contributed by atoms with Gasteiger partial charge in [0.25, 0.3) is 10.0 Å². The second-order valence-electron chi connectivity index (χ2n) is 8.53. The lowest BCUT2D eigenvalue weighted by Gasteiger charge is -2.32. The van der Waals surface area contributed by atoms with Gasteiger partial charge in [-0.3, -0.25) is 13.9 Å². The van der Waals surface area contributed by atoms with Crippen LogP contribution in [0.3, 0.4) is 0 Å². The molecule has 0 saturated carbocycles. The molecule has 10 heteroatoms. The van der Waals surface area contributed by atoms with E-state index in [0.717, 1.165) is 15.4 Å². The van der Waals surface area contributed by atoms with Crippen LogP contribution in [0, 0.1) is 6.92 Å². The van der Waals surface area contributed by atoms with Gasteiger partial charge >= 0.3 is 0 Å². The van der Waals surface area contributed by atoms with Crippen molar-refractivity contribution in [3.8, 4) is 0 Å². The van der Waals surface area contributed by atoms with Crippen molar-refractivity contribution >= 4 is 50.7 Å². The molecule has 0 aliphatic rings. The van der Waals surface area contributed by atoms with Crippen LogP contribution in [0.1, 0.15) is 25.0 Å². The molecule has 3 aromatic carbocycles. The quantitative estimate of drug-likeness (QED) is 0.375. The second kappa shape index (κ2) is 12.4. The van der Waals surface area contributed by atoms with E-state index < -0.39 is 28.5 Å². The third-order valence-corrected chi connectivity index (χ3v) is 7.96. The van der Waals surface area contributed by atoms with Gasteiger partial charge in [-0.05, 0) is 56.7 Å². The summed E-state index contributed by atoms with van der Waals surface area (Å²) in [6.07, 6.45) is 0. The monoisotopic (exact) mass is 561 g/mol. The van der Waals surface area contributed by atoms with E-state index in [9.17, 15) is 18.0 Å². The smallest absolute Gasteiger partial charge is 0.264 e. The molecule has 1 unspecified atom stereocenters. The standard InChI is InChI=1S/C27H29Cl2N3O4S/c1-4-30-27(34)20(3)31(17-21-12-10-19(2)11-13-21)26(33)18-32(24-15-22(28)14-23(29)16-24)37(35,36)25-8-6-5-7-9-25/h5-16,20H,4,17-18H2,1-3H3,(H,30,34). The Bertz CT molecular complexity index is 1330. The number of aryl methyl sites for hydroxylation is 1. The molecule has 0 aromatic heterocycles. The number of nitrogens with one attached hydrogen (secondary N) is 1. The summed E-state index contributed by atoms with van der Waals surface area (Å²) in [6.45, 7) is 5.30. The van der Waals surface area contributed by atoms with Crippen LogP contribution in [-0.2, 0) is 26.2 Å². The Labute approximate surface area is 228 Å². The van der Waals surface area contributed by atoms with E-state index in [1.165, 1.54) is 35.2 Å². The summed E-state index contributed by atoms with van der Waals surface area (Å²) in [7, 11) is -4.18. The van der Waals surface area contributed by atoms with Gasteiger partial charge in [0.1, 0.15) is 12.6 Å². The van der Waals surface area contributed by atoms with Crippen molar-refractivity contribution in [2.45, 2.75) is 38.3 Å². The number of halogens is 2. The summed E-state index contributed by atoms with van der Waals surface area (Å²) >= 11 is 12.4. The Hall–Kier alpha value is -3.07. The van der Waals surface area contributed by atoms with Crippen molar-refractivity contribution in [2.24, 2.45) is 0 Å². The molecule has 37 heavy (non-hydrogen) atoms. The maximum atomic E-state index is 13.8. The molecule has 0 spiro atoms. The zero-order valence-corrected chi connectivity index (χ0v) is 23.1. The lowest BCUT2D eigenvalue weighted by Crippen LogP contribution is -2.51. The van der Waals surface area contributed by atoms with Crippen LogP contribution in [0.4, 0.5) is 5.69 Å². The number of anilines is 1. The molecule has 7 nitrogen and oxygen atoms in total. The van der Waals surface area contributed by atoms with Crippen molar-refractivity contribution in [1.29, 1.82) is 0 Å². The van der Waals surface area contributed by atoms with Crippen molar-refractivity contribution in [2.75, 3.05) is 17.4 Å². The van der Waals surface area contributed by atoms with Gasteiger partial charge in [-0.2, -0.15) is 0 Å². The van der Waals surface area contributed by atoms with Gasteiger partial charge < -0.3 is 10.2 Å². The average molecular weight is 563 g/mol. The molecule has 1 N–H and O–H groups in total. The SMILES string of the molecule is CCNC(=O)C(C)N(Cc1ccc(C)cc1)C(=O)CN(c1cc(Cl)cc(Cl)c1)S(=O)(=O)c1ccccc1. The number of nitrogens with zero attached hydrogens (tertiary/aromatic N) is 2. The van der Waals surface area contributed by atoms with E-state index in [4.69, 9.17) is 23.2 Å². The molecular weight excluding hydrogens is 533 g/mol. The van der Waals surface area contributed by atoms with Crippen molar-refractivity contribution in [3.63, 3.8) is 0 Å². The van der Waals surface area contributed by atoms with Gasteiger partial charge in [-0.15, -0.1) is 0 Å². The largest absolute Gasteiger partial charge is 0.355 e. The Balaban J connectivity index is 2.04. The first-order valence-corrected chi connectivity index (χ1v) is 13.9. The van der Waals surface area contributed by atoms with Crippen LogP contribution < -0.4 is 9.62 Å². The lowest BCUT2D eigenvalue weighted by molar-refractivity contribution is -0.139. The average Bonchev–Trinajstić information content (AvgIpc) is 2.86. The van der Waals surface area contributed by atoms with Gasteiger partial charge in [0.05, 0.1) is 10.6 Å². The van der Waals surface area contributed by atoms with E-state index >= 15 is 0 Å². The molecule has 1 atom stereocenters. The summed E-state index contributed by atoms with van der Waals surface area (Å²) in [6, 6.07) is 18.8. The number of likely N-dealkylation sites (N-methyl/N-ethyl adjacent to an activating group) is 1. The van der Waals surface area contributed by atoms with Crippen molar-refractivity contribution in [3.05, 3.63) is 94.0 Å². The predicted octanol–water partition coefficient (Wildman–Crippen LogP) is 5.05. The molecule has 2 amide bonds. The van der Waals surface area contributed by atoms with Crippen LogP contribution in [0.5, 0.6) is 0 Å². The summed E-state index contributed by atoms with van der Waals surface area (Å²) < 4.78 is 28.4. The zero-order chi connectivity index (χ0) is 27.2. The number of benzene rings is 3. The molecular formula is C27H29Cl2N3O4S. The number of sulfonamides is 1. The fourth-order valence-electron chi connectivity index (χ4n) is 3.73. The third-order valence-electron chi connectivity index (χ3n) is 5.74. The highest BCUT2D eigenvalue weighted by atomic mass is 35.5. The Kier molecular flexibility index (Phi) is 9.59. The molecule has 3 aromatic rings. The Morgan fingerprint density at radius 1 is 0.946 bits per heavy atom. The number of rotatable bonds is 10. The summed E-state index contributed by atoms with van der Waals surface area (Å²) in [5, 5.41) is 3.17. The zero-order valence-electron chi connectivity index (χ0n) is 20.8. The fourth-order valence-corrected chi connectivity index (χ4v) is 5.66. The summed E-state index contributed by atoms with van der Waals surface area (Å²) in [5.74, 6) is -0.902. The van der Waals surface area contributed by atoms with E-state index in [1.54, 1.807) is 32.0 Å². The normalized spacial score (nSPS) is 12.0. The van der Waals surface area contributed by atoms with Gasteiger partial charge in [0.15, 0.2) is 0 Å². The van der Waals surface area contributed by atoms with Crippen LogP contribution >= 0.6 is 23.2 Å². The van der Waals surface area contributed by atoms with E-state index in [2.05, 4.69) is 5.32 Å². The summed E-state index contributed by atoms with van der Waals surface area (Å²) in [5.41, 5.74) is 1.99. The van der Waals surface area contributed by atoms with Gasteiger partial charge in [-0.25, -0.2) is 8.42 Å². The van der Waals surface area contributed by atoms with E-state index in [-0.39, 0.29) is 33.1 Å². The second-order valence-corrected chi connectivity index (χ2v) is 11.3. The predicted molar refractivity (Wildman–Crippen MR) is 147 cm³/mol. The number of amides is 2. The molecule has 0 heterocycles. The minimum absolute atomic E-state index is 0.000701. The third kappa shape index (κ3) is 7.25. The van der Waals surface area contributed by atoms with E-state index in [0.29, 0.717) is 6.54 Å². The first-order chi connectivity index (χ1) is 17.5. The topological polar surface area (TPSA) is 86.8 Å². The number of hydrogen-bond acceptors (Lipinski definition) is 4. The van der Waals surface area contributed by atoms with Crippen molar-refractivity contribution < 1.29 is 18.0 Å². The lowest BCUT2D eigenvalue weighted by atomic mass is 10.1. The fraction of sp³-hybridized carbons (Fsp3) is 0.259. The minimum Gasteiger partial charge on any atom is -0.355 e. The van der Waals surface area contributed by atoms with Crippen LogP contribution in [-0.4, -0.2) is 44.3 Å². The highest BCUT2D eigenvalue weighted by molar-refractivity contribution is 7.92.